The minimum atomic E-state index is -0.577. The highest BCUT2D eigenvalue weighted by atomic mass is 16.2. The maximum Gasteiger partial charge on any atom is 0.243 e. The van der Waals surface area contributed by atoms with Crippen molar-refractivity contribution in [1.29, 1.82) is 0 Å². The van der Waals surface area contributed by atoms with Crippen LogP contribution >= 0.6 is 0 Å². The number of hydrogen-bond donors (Lipinski definition) is 2. The topological polar surface area (TPSA) is 75.0 Å². The van der Waals surface area contributed by atoms with Crippen molar-refractivity contribution in [3.05, 3.63) is 84.7 Å². The second-order valence-corrected chi connectivity index (χ2v) is 6.84. The van der Waals surface area contributed by atoms with Crippen LogP contribution in [0.25, 0.3) is 22.2 Å². The monoisotopic (exact) mass is 370 g/mol. The van der Waals surface area contributed by atoms with Crippen molar-refractivity contribution in [3.63, 3.8) is 0 Å². The van der Waals surface area contributed by atoms with Crippen molar-refractivity contribution in [2.75, 3.05) is 11.9 Å². The average molecular weight is 370 g/mol. The molecule has 0 fully saturated rings. The Labute approximate surface area is 163 Å². The van der Waals surface area contributed by atoms with E-state index in [1.54, 1.807) is 18.1 Å². The Hall–Kier alpha value is -3.44. The number of nitrogens with one attached hydrogen (secondary N) is 1. The number of benzene rings is 2. The van der Waals surface area contributed by atoms with Crippen molar-refractivity contribution in [1.82, 2.24) is 9.97 Å². The smallest absolute Gasteiger partial charge is 0.243 e. The van der Waals surface area contributed by atoms with Gasteiger partial charge in [0.2, 0.25) is 5.91 Å². The van der Waals surface area contributed by atoms with Crippen LogP contribution in [0.4, 0.5) is 5.69 Å². The Kier molecular flexibility index (Phi) is 4.91. The highest BCUT2D eigenvalue weighted by Gasteiger charge is 2.19. The van der Waals surface area contributed by atoms with Crippen LogP contribution in [0.5, 0.6) is 0 Å². The number of carbonyl (C=O) groups excluding carboxylic acids is 1. The summed E-state index contributed by atoms with van der Waals surface area (Å²) >= 11 is 0. The lowest BCUT2D eigenvalue weighted by Crippen LogP contribution is -2.43. The van der Waals surface area contributed by atoms with E-state index in [9.17, 15) is 4.79 Å². The molecule has 0 saturated heterocycles. The first kappa shape index (κ1) is 17.9. The average Bonchev–Trinajstić information content (AvgIpc) is 3.22. The van der Waals surface area contributed by atoms with Gasteiger partial charge in [-0.3, -0.25) is 4.79 Å². The van der Waals surface area contributed by atoms with Crippen LogP contribution in [-0.2, 0) is 11.2 Å². The van der Waals surface area contributed by atoms with Crippen molar-refractivity contribution in [3.8, 4) is 11.1 Å². The number of amides is 1. The Morgan fingerprint density at radius 2 is 1.82 bits per heavy atom. The molecule has 2 aromatic heterocycles. The molecule has 0 aliphatic heterocycles. The van der Waals surface area contributed by atoms with E-state index in [4.69, 9.17) is 5.73 Å². The van der Waals surface area contributed by atoms with E-state index in [2.05, 4.69) is 9.97 Å². The van der Waals surface area contributed by atoms with Crippen molar-refractivity contribution in [2.24, 2.45) is 5.73 Å². The Bertz CT molecular complexity index is 1090. The first-order valence-corrected chi connectivity index (χ1v) is 9.23. The first-order chi connectivity index (χ1) is 13.6. The van der Waals surface area contributed by atoms with Crippen LogP contribution in [0.3, 0.4) is 0 Å². The van der Waals surface area contributed by atoms with Gasteiger partial charge in [-0.1, -0.05) is 42.5 Å². The van der Waals surface area contributed by atoms with E-state index < -0.39 is 6.04 Å². The highest BCUT2D eigenvalue weighted by Crippen LogP contribution is 2.28. The number of rotatable bonds is 5. The lowest BCUT2D eigenvalue weighted by atomic mass is 10.0. The molecule has 5 heteroatoms. The molecular formula is C23H22N4O. The van der Waals surface area contributed by atoms with Crippen LogP contribution in [0, 0.1) is 0 Å². The van der Waals surface area contributed by atoms with Gasteiger partial charge >= 0.3 is 0 Å². The summed E-state index contributed by atoms with van der Waals surface area (Å²) < 4.78 is 0. The first-order valence-electron chi connectivity index (χ1n) is 9.23. The number of nitrogens with two attached hydrogens (primary N) is 1. The molecule has 0 aliphatic rings. The summed E-state index contributed by atoms with van der Waals surface area (Å²) in [5.74, 6) is -0.103. The van der Waals surface area contributed by atoms with E-state index in [1.165, 1.54) is 0 Å². The molecule has 0 aliphatic carbocycles. The van der Waals surface area contributed by atoms with Gasteiger partial charge in [-0.15, -0.1) is 0 Å². The number of aromatic amines is 1. The molecule has 2 aromatic carbocycles. The fraction of sp³-hybridized carbons (Fsp3) is 0.130. The third kappa shape index (κ3) is 3.52. The maximum absolute atomic E-state index is 12.7. The SMILES string of the molecule is CN(C(=O)[C@H](N)Cc1ccccc1)c1ccc(-c2ccnc3[nH]ccc23)cc1. The normalized spacial score (nSPS) is 12.1. The summed E-state index contributed by atoms with van der Waals surface area (Å²) in [6, 6.07) is 21.2. The van der Waals surface area contributed by atoms with Crippen LogP contribution in [-0.4, -0.2) is 29.0 Å². The molecule has 4 aromatic rings. The molecule has 1 amide bonds. The molecule has 1 atom stereocenters. The van der Waals surface area contributed by atoms with Crippen molar-refractivity contribution in [2.45, 2.75) is 12.5 Å². The van der Waals surface area contributed by atoms with Crippen molar-refractivity contribution < 1.29 is 4.79 Å². The summed E-state index contributed by atoms with van der Waals surface area (Å²) in [6.07, 6.45) is 4.20. The minimum Gasteiger partial charge on any atom is -0.346 e. The zero-order chi connectivity index (χ0) is 19.5. The third-order valence-electron chi connectivity index (χ3n) is 4.97. The molecule has 5 nitrogen and oxygen atoms in total. The number of fused-ring (bicyclic) bond motifs is 1. The second kappa shape index (κ2) is 7.66. The predicted octanol–water partition coefficient (Wildman–Crippen LogP) is 3.76. The van der Waals surface area contributed by atoms with Gasteiger partial charge in [0.1, 0.15) is 5.65 Å². The van der Waals surface area contributed by atoms with Gasteiger partial charge in [-0.25, -0.2) is 4.98 Å². The summed E-state index contributed by atoms with van der Waals surface area (Å²) in [5, 5.41) is 1.07. The Balaban J connectivity index is 1.51. The third-order valence-corrected chi connectivity index (χ3v) is 4.97. The van der Waals surface area contributed by atoms with Crippen LogP contribution in [0.1, 0.15) is 5.56 Å². The summed E-state index contributed by atoms with van der Waals surface area (Å²) in [5.41, 5.74) is 11.1. The van der Waals surface area contributed by atoms with Gasteiger partial charge in [0, 0.05) is 30.5 Å². The van der Waals surface area contributed by atoms with Gasteiger partial charge in [-0.2, -0.15) is 0 Å². The number of H-pyrrole nitrogens is 1. The zero-order valence-corrected chi connectivity index (χ0v) is 15.7. The van der Waals surface area contributed by atoms with E-state index in [1.807, 2.05) is 72.9 Å². The lowest BCUT2D eigenvalue weighted by molar-refractivity contribution is -0.119. The number of likely N-dealkylation sites (N-methyl/N-ethyl adjacent to an activating group) is 1. The molecular weight excluding hydrogens is 348 g/mol. The summed E-state index contributed by atoms with van der Waals surface area (Å²) in [4.78, 5) is 21.8. The maximum atomic E-state index is 12.7. The van der Waals surface area contributed by atoms with Gasteiger partial charge in [-0.05, 0) is 47.4 Å². The van der Waals surface area contributed by atoms with Crippen LogP contribution < -0.4 is 10.6 Å². The standard InChI is InChI=1S/C23H22N4O/c1-27(23(28)21(24)15-16-5-3-2-4-6-16)18-9-7-17(8-10-18)19-11-13-25-22-20(19)12-14-26-22/h2-14,21H,15,24H2,1H3,(H,25,26)/t21-/m1/s1. The fourth-order valence-electron chi connectivity index (χ4n) is 3.41. The largest absolute Gasteiger partial charge is 0.346 e. The number of carbonyl (C=O) groups is 1. The van der Waals surface area contributed by atoms with Crippen molar-refractivity contribution >= 4 is 22.6 Å². The highest BCUT2D eigenvalue weighted by molar-refractivity contribution is 5.97. The molecule has 0 saturated carbocycles. The van der Waals surface area contributed by atoms with Gasteiger partial charge < -0.3 is 15.6 Å². The number of nitrogens with zero attached hydrogens (tertiary/aromatic N) is 2. The molecule has 0 bridgehead atoms. The molecule has 0 unspecified atom stereocenters. The summed E-state index contributed by atoms with van der Waals surface area (Å²) in [6.45, 7) is 0. The van der Waals surface area contributed by atoms with Gasteiger partial charge in [0.05, 0.1) is 6.04 Å². The van der Waals surface area contributed by atoms with Crippen LogP contribution in [0.15, 0.2) is 79.1 Å². The Morgan fingerprint density at radius 3 is 2.57 bits per heavy atom. The fourth-order valence-corrected chi connectivity index (χ4v) is 3.41. The molecule has 2 heterocycles. The lowest BCUT2D eigenvalue weighted by Gasteiger charge is -2.22. The van der Waals surface area contributed by atoms with E-state index in [0.29, 0.717) is 6.42 Å². The molecule has 0 radical (unpaired) electrons. The molecule has 3 N–H and O–H groups in total. The number of hydrogen-bond acceptors (Lipinski definition) is 3. The quantitative estimate of drug-likeness (QED) is 0.562. The van der Waals surface area contributed by atoms with Gasteiger partial charge in [0.25, 0.3) is 0 Å². The Morgan fingerprint density at radius 1 is 1.07 bits per heavy atom. The van der Waals surface area contributed by atoms with Crippen LogP contribution in [0.2, 0.25) is 0 Å². The molecule has 0 spiro atoms. The van der Waals surface area contributed by atoms with Gasteiger partial charge in [0.15, 0.2) is 0 Å². The molecule has 140 valence electrons. The number of aromatic nitrogens is 2. The van der Waals surface area contributed by atoms with E-state index in [0.717, 1.165) is 33.4 Å². The zero-order valence-electron chi connectivity index (χ0n) is 15.7. The number of pyridine rings is 1. The van der Waals surface area contributed by atoms with E-state index >= 15 is 0 Å². The predicted molar refractivity (Wildman–Crippen MR) is 113 cm³/mol. The number of anilines is 1. The molecule has 28 heavy (non-hydrogen) atoms. The van der Waals surface area contributed by atoms with E-state index in [-0.39, 0.29) is 5.91 Å². The molecule has 4 rings (SSSR count). The summed E-state index contributed by atoms with van der Waals surface area (Å²) in [7, 11) is 1.76. The second-order valence-electron chi connectivity index (χ2n) is 6.84. The minimum absolute atomic E-state index is 0.103.